The van der Waals surface area contributed by atoms with Crippen molar-refractivity contribution in [2.75, 3.05) is 13.7 Å². The van der Waals surface area contributed by atoms with Gasteiger partial charge in [0.05, 0.1) is 7.11 Å². The van der Waals surface area contributed by atoms with Crippen LogP contribution in [0.1, 0.15) is 24.8 Å². The molecule has 2 rings (SSSR count). The quantitative estimate of drug-likeness (QED) is 0.909. The second kappa shape index (κ2) is 6.02. The van der Waals surface area contributed by atoms with E-state index in [2.05, 4.69) is 0 Å². The van der Waals surface area contributed by atoms with Crippen molar-refractivity contribution in [3.63, 3.8) is 0 Å². The number of nitrogens with zero attached hydrogens (tertiary/aromatic N) is 1. The number of benzene rings is 1. The minimum atomic E-state index is -0.798. The minimum absolute atomic E-state index is 0.206. The number of ether oxygens (including phenoxy) is 1. The maximum atomic E-state index is 13.6. The molecule has 1 heterocycles. The number of hydrogen-bond donors (Lipinski definition) is 1. The second-order valence-corrected chi connectivity index (χ2v) is 4.79. The van der Waals surface area contributed by atoms with E-state index >= 15 is 0 Å². The van der Waals surface area contributed by atoms with Crippen molar-refractivity contribution >= 4 is 5.97 Å². The Morgan fingerprint density at radius 2 is 2.32 bits per heavy atom. The fourth-order valence-corrected chi connectivity index (χ4v) is 2.50. The zero-order valence-corrected chi connectivity index (χ0v) is 10.9. The molecule has 1 atom stereocenters. The third-order valence-electron chi connectivity index (χ3n) is 3.50. The summed E-state index contributed by atoms with van der Waals surface area (Å²) in [5, 5.41) is 9.19. The largest absolute Gasteiger partial charge is 0.494 e. The molecule has 0 bridgehead atoms. The molecular formula is C14H18FNO3. The minimum Gasteiger partial charge on any atom is -0.494 e. The van der Waals surface area contributed by atoms with Gasteiger partial charge >= 0.3 is 5.97 Å². The summed E-state index contributed by atoms with van der Waals surface area (Å²) in [4.78, 5) is 13.1. The first kappa shape index (κ1) is 13.8. The summed E-state index contributed by atoms with van der Waals surface area (Å²) in [5.74, 6) is -1.00. The van der Waals surface area contributed by atoms with E-state index in [1.54, 1.807) is 12.1 Å². The molecule has 0 spiro atoms. The van der Waals surface area contributed by atoms with Crippen molar-refractivity contribution in [2.45, 2.75) is 31.8 Å². The van der Waals surface area contributed by atoms with Crippen LogP contribution in [0.2, 0.25) is 0 Å². The molecule has 0 aliphatic carbocycles. The molecule has 1 unspecified atom stereocenters. The number of carbonyl (C=O) groups is 1. The van der Waals surface area contributed by atoms with Crippen LogP contribution in [0.15, 0.2) is 18.2 Å². The van der Waals surface area contributed by atoms with Gasteiger partial charge in [-0.05, 0) is 37.1 Å². The Hall–Kier alpha value is -1.62. The monoisotopic (exact) mass is 267 g/mol. The van der Waals surface area contributed by atoms with E-state index in [-0.39, 0.29) is 5.75 Å². The van der Waals surface area contributed by atoms with Crippen LogP contribution in [0, 0.1) is 5.82 Å². The molecule has 1 aliphatic rings. The van der Waals surface area contributed by atoms with Crippen molar-refractivity contribution in [3.8, 4) is 5.75 Å². The summed E-state index contributed by atoms with van der Waals surface area (Å²) in [6.45, 7) is 1.20. The SMILES string of the molecule is COc1ccc(CN2CCCCC2C(=O)O)cc1F. The molecule has 1 N–H and O–H groups in total. The van der Waals surface area contributed by atoms with Gasteiger partial charge in [0.2, 0.25) is 0 Å². The molecule has 1 aromatic rings. The van der Waals surface area contributed by atoms with Gasteiger partial charge in [0.15, 0.2) is 11.6 Å². The lowest BCUT2D eigenvalue weighted by Crippen LogP contribution is -2.44. The van der Waals surface area contributed by atoms with Gasteiger partial charge < -0.3 is 9.84 Å². The Morgan fingerprint density at radius 1 is 1.53 bits per heavy atom. The highest BCUT2D eigenvalue weighted by molar-refractivity contribution is 5.73. The van der Waals surface area contributed by atoms with Crippen LogP contribution in [0.25, 0.3) is 0 Å². The molecule has 5 heteroatoms. The van der Waals surface area contributed by atoms with E-state index in [1.165, 1.54) is 13.2 Å². The number of piperidine rings is 1. The summed E-state index contributed by atoms with van der Waals surface area (Å²) in [6, 6.07) is 4.30. The maximum Gasteiger partial charge on any atom is 0.320 e. The molecule has 0 amide bonds. The standard InChI is InChI=1S/C14H18FNO3/c1-19-13-6-5-10(8-11(13)15)9-16-7-3-2-4-12(16)14(17)18/h5-6,8,12H,2-4,7,9H2,1H3,(H,17,18). The van der Waals surface area contributed by atoms with E-state index in [4.69, 9.17) is 4.74 Å². The average molecular weight is 267 g/mol. The Kier molecular flexibility index (Phi) is 4.37. The zero-order chi connectivity index (χ0) is 13.8. The van der Waals surface area contributed by atoms with E-state index in [1.807, 2.05) is 4.90 Å². The fourth-order valence-electron chi connectivity index (χ4n) is 2.50. The summed E-state index contributed by atoms with van der Waals surface area (Å²) >= 11 is 0. The van der Waals surface area contributed by atoms with Gasteiger partial charge in [-0.3, -0.25) is 9.69 Å². The van der Waals surface area contributed by atoms with Crippen LogP contribution < -0.4 is 4.74 Å². The van der Waals surface area contributed by atoms with Crippen molar-refractivity contribution in [3.05, 3.63) is 29.6 Å². The molecule has 0 aromatic heterocycles. The number of rotatable bonds is 4. The Balaban J connectivity index is 2.10. The molecular weight excluding hydrogens is 249 g/mol. The summed E-state index contributed by atoms with van der Waals surface area (Å²) in [5.41, 5.74) is 0.770. The Labute approximate surface area is 111 Å². The van der Waals surface area contributed by atoms with Gasteiger partial charge in [-0.1, -0.05) is 12.5 Å². The highest BCUT2D eigenvalue weighted by Crippen LogP contribution is 2.22. The zero-order valence-electron chi connectivity index (χ0n) is 10.9. The second-order valence-electron chi connectivity index (χ2n) is 4.79. The van der Waals surface area contributed by atoms with Gasteiger partial charge in [0, 0.05) is 6.54 Å². The number of carboxylic acid groups (broad SMARTS) is 1. The lowest BCUT2D eigenvalue weighted by molar-refractivity contribution is -0.144. The van der Waals surface area contributed by atoms with Crippen molar-refractivity contribution < 1.29 is 19.0 Å². The van der Waals surface area contributed by atoms with E-state index < -0.39 is 17.8 Å². The number of carboxylic acids is 1. The summed E-state index contributed by atoms with van der Waals surface area (Å²) in [7, 11) is 1.42. The topological polar surface area (TPSA) is 49.8 Å². The van der Waals surface area contributed by atoms with Gasteiger partial charge in [0.1, 0.15) is 6.04 Å². The Bertz CT molecular complexity index is 464. The molecule has 19 heavy (non-hydrogen) atoms. The molecule has 1 aliphatic heterocycles. The molecule has 4 nitrogen and oxygen atoms in total. The van der Waals surface area contributed by atoms with Crippen LogP contribution in [0.4, 0.5) is 4.39 Å². The third-order valence-corrected chi connectivity index (χ3v) is 3.50. The highest BCUT2D eigenvalue weighted by Gasteiger charge is 2.28. The van der Waals surface area contributed by atoms with Gasteiger partial charge in [-0.15, -0.1) is 0 Å². The predicted octanol–water partition coefficient (Wildman–Crippen LogP) is 2.27. The van der Waals surface area contributed by atoms with Gasteiger partial charge in [-0.2, -0.15) is 0 Å². The van der Waals surface area contributed by atoms with Crippen LogP contribution >= 0.6 is 0 Å². The first-order valence-corrected chi connectivity index (χ1v) is 6.41. The normalized spacial score (nSPS) is 20.2. The lowest BCUT2D eigenvalue weighted by Gasteiger charge is -2.32. The smallest absolute Gasteiger partial charge is 0.320 e. The summed E-state index contributed by atoms with van der Waals surface area (Å²) in [6.07, 6.45) is 2.58. The first-order chi connectivity index (χ1) is 9.11. The van der Waals surface area contributed by atoms with Crippen LogP contribution in [-0.2, 0) is 11.3 Å². The number of aliphatic carboxylic acids is 1. The third kappa shape index (κ3) is 3.23. The lowest BCUT2D eigenvalue weighted by atomic mass is 10.0. The van der Waals surface area contributed by atoms with Crippen molar-refractivity contribution in [2.24, 2.45) is 0 Å². The average Bonchev–Trinajstić information content (AvgIpc) is 2.39. The van der Waals surface area contributed by atoms with Crippen LogP contribution in [-0.4, -0.2) is 35.7 Å². The predicted molar refractivity (Wildman–Crippen MR) is 68.6 cm³/mol. The van der Waals surface area contributed by atoms with Crippen LogP contribution in [0.5, 0.6) is 5.75 Å². The van der Waals surface area contributed by atoms with Crippen molar-refractivity contribution in [1.82, 2.24) is 4.90 Å². The maximum absolute atomic E-state index is 13.6. The molecule has 1 fully saturated rings. The number of methoxy groups -OCH3 is 1. The van der Waals surface area contributed by atoms with E-state index in [9.17, 15) is 14.3 Å². The van der Waals surface area contributed by atoms with E-state index in [0.29, 0.717) is 13.0 Å². The Morgan fingerprint density at radius 3 is 2.95 bits per heavy atom. The number of halogens is 1. The van der Waals surface area contributed by atoms with E-state index in [0.717, 1.165) is 24.9 Å². The number of hydrogen-bond acceptors (Lipinski definition) is 3. The van der Waals surface area contributed by atoms with Crippen LogP contribution in [0.3, 0.4) is 0 Å². The molecule has 0 radical (unpaired) electrons. The molecule has 1 aromatic carbocycles. The number of likely N-dealkylation sites (tertiary alicyclic amines) is 1. The highest BCUT2D eigenvalue weighted by atomic mass is 19.1. The molecule has 104 valence electrons. The molecule has 0 saturated carbocycles. The fraction of sp³-hybridized carbons (Fsp3) is 0.500. The first-order valence-electron chi connectivity index (χ1n) is 6.41. The van der Waals surface area contributed by atoms with Gasteiger partial charge in [0.25, 0.3) is 0 Å². The van der Waals surface area contributed by atoms with Crippen molar-refractivity contribution in [1.29, 1.82) is 0 Å². The molecule has 1 saturated heterocycles. The summed E-state index contributed by atoms with van der Waals surface area (Å²) < 4.78 is 18.5. The van der Waals surface area contributed by atoms with Gasteiger partial charge in [-0.25, -0.2) is 4.39 Å².